The van der Waals surface area contributed by atoms with E-state index in [2.05, 4.69) is 4.98 Å². The van der Waals surface area contributed by atoms with Crippen molar-refractivity contribution in [1.82, 2.24) is 4.98 Å². The molecule has 3 nitrogen and oxygen atoms in total. The average Bonchev–Trinajstić information content (AvgIpc) is 3.07. The summed E-state index contributed by atoms with van der Waals surface area (Å²) in [5.74, 6) is -0.288. The van der Waals surface area contributed by atoms with Gasteiger partial charge in [-0.3, -0.25) is 0 Å². The molecule has 1 saturated carbocycles. The summed E-state index contributed by atoms with van der Waals surface area (Å²) in [5.41, 5.74) is -0.590. The number of allylic oxidation sites excluding steroid dienone is 1. The van der Waals surface area contributed by atoms with Crippen LogP contribution in [0, 0.1) is 5.82 Å². The predicted molar refractivity (Wildman–Crippen MR) is 94.4 cm³/mol. The normalized spacial score (nSPS) is 24.1. The number of benzene rings is 1. The molecule has 0 unspecified atom stereocenters. The molecule has 2 aliphatic rings. The summed E-state index contributed by atoms with van der Waals surface area (Å²) in [6.07, 6.45) is 4.90. The molecule has 1 aliphatic carbocycles. The molecule has 25 heavy (non-hydrogen) atoms. The van der Waals surface area contributed by atoms with Crippen molar-refractivity contribution >= 4 is 18.0 Å². The van der Waals surface area contributed by atoms with Crippen LogP contribution in [-0.2, 0) is 14.7 Å². The Hall–Kier alpha value is -1.66. The largest absolute Gasteiger partial charge is 0.524 e. The van der Waals surface area contributed by atoms with Gasteiger partial charge in [0.15, 0.2) is 0 Å². The average molecular weight is 345 g/mol. The van der Waals surface area contributed by atoms with E-state index in [1.165, 1.54) is 6.07 Å². The highest BCUT2D eigenvalue weighted by Crippen LogP contribution is 2.53. The number of hydrogen-bond donors (Lipinski definition) is 1. The molecule has 0 amide bonds. The molecule has 1 aromatic heterocycles. The molecular weight excluding hydrogens is 323 g/mol. The highest BCUT2D eigenvalue weighted by Gasteiger charge is 2.54. The number of fused-ring (bicyclic) bond motifs is 1. The van der Waals surface area contributed by atoms with Crippen LogP contribution >= 0.6 is 0 Å². The first kappa shape index (κ1) is 16.8. The third-order valence-corrected chi connectivity index (χ3v) is 5.87. The first-order valence-electron chi connectivity index (χ1n) is 8.65. The van der Waals surface area contributed by atoms with Crippen molar-refractivity contribution in [3.05, 3.63) is 47.6 Å². The van der Waals surface area contributed by atoms with Crippen molar-refractivity contribution in [2.24, 2.45) is 0 Å². The van der Waals surface area contributed by atoms with Gasteiger partial charge >= 0.3 is 7.12 Å². The maximum atomic E-state index is 14.9. The fourth-order valence-electron chi connectivity index (χ4n) is 3.45. The Bertz CT molecular complexity index is 851. The van der Waals surface area contributed by atoms with Gasteiger partial charge < -0.3 is 14.3 Å². The van der Waals surface area contributed by atoms with Gasteiger partial charge in [-0.25, -0.2) is 8.78 Å². The Morgan fingerprint density at radius 1 is 1.16 bits per heavy atom. The first-order valence-corrected chi connectivity index (χ1v) is 8.65. The summed E-state index contributed by atoms with van der Waals surface area (Å²) in [5, 5.41) is 0.540. The molecule has 2 heterocycles. The molecule has 6 heteroatoms. The number of aromatic amines is 1. The highest BCUT2D eigenvalue weighted by atomic mass is 19.1. The second-order valence-electron chi connectivity index (χ2n) is 8.14. The van der Waals surface area contributed by atoms with Crippen LogP contribution in [0.25, 0.3) is 10.9 Å². The number of nitrogens with one attached hydrogen (secondary N) is 1. The quantitative estimate of drug-likeness (QED) is 0.809. The van der Waals surface area contributed by atoms with Crippen LogP contribution in [-0.4, -0.2) is 23.3 Å². The minimum absolute atomic E-state index is 0.288. The van der Waals surface area contributed by atoms with Crippen LogP contribution < -0.4 is 0 Å². The van der Waals surface area contributed by atoms with Crippen LogP contribution in [0.1, 0.15) is 46.1 Å². The van der Waals surface area contributed by atoms with Gasteiger partial charge in [-0.1, -0.05) is 6.07 Å². The SMILES string of the molecule is CC1(C)OB(C(F)=CC2(c3c[nH]c4cccc(F)c34)CC2)OC1(C)C. The second-order valence-corrected chi connectivity index (χ2v) is 8.14. The number of aromatic nitrogens is 1. The van der Waals surface area contributed by atoms with E-state index in [1.54, 1.807) is 18.3 Å². The van der Waals surface area contributed by atoms with Crippen LogP contribution in [0.2, 0.25) is 0 Å². The fraction of sp³-hybridized carbons (Fsp3) is 0.474. The summed E-state index contributed by atoms with van der Waals surface area (Å²) in [4.78, 5) is 3.09. The van der Waals surface area contributed by atoms with E-state index in [-0.39, 0.29) is 5.82 Å². The first-order chi connectivity index (χ1) is 11.7. The Balaban J connectivity index is 1.69. The van der Waals surface area contributed by atoms with Crippen LogP contribution in [0.5, 0.6) is 0 Å². The third kappa shape index (κ3) is 2.54. The molecule has 1 N–H and O–H groups in total. The lowest BCUT2D eigenvalue weighted by Gasteiger charge is -2.32. The van der Waals surface area contributed by atoms with Crippen molar-refractivity contribution in [3.63, 3.8) is 0 Å². The summed E-state index contributed by atoms with van der Waals surface area (Å²) in [6.45, 7) is 7.56. The van der Waals surface area contributed by atoms with E-state index in [1.807, 2.05) is 33.8 Å². The van der Waals surface area contributed by atoms with E-state index >= 15 is 0 Å². The Morgan fingerprint density at radius 2 is 1.80 bits per heavy atom. The van der Waals surface area contributed by atoms with Gasteiger partial charge in [0.1, 0.15) is 11.5 Å². The lowest BCUT2D eigenvalue weighted by Crippen LogP contribution is -2.41. The topological polar surface area (TPSA) is 34.2 Å². The van der Waals surface area contributed by atoms with E-state index in [0.29, 0.717) is 5.39 Å². The number of rotatable bonds is 3. The van der Waals surface area contributed by atoms with Gasteiger partial charge in [0.05, 0.1) is 11.2 Å². The van der Waals surface area contributed by atoms with Crippen molar-refractivity contribution in [1.29, 1.82) is 0 Å². The Labute approximate surface area is 146 Å². The molecule has 0 spiro atoms. The number of H-pyrrole nitrogens is 1. The molecule has 0 radical (unpaired) electrons. The van der Waals surface area contributed by atoms with Gasteiger partial charge in [0, 0.05) is 22.5 Å². The van der Waals surface area contributed by atoms with Crippen molar-refractivity contribution in [2.45, 2.75) is 57.2 Å². The maximum absolute atomic E-state index is 14.9. The maximum Gasteiger partial charge on any atom is 0.524 e. The molecule has 132 valence electrons. The molecular formula is C19H22BF2NO2. The Morgan fingerprint density at radius 3 is 2.40 bits per heavy atom. The molecule has 2 fully saturated rings. The fourth-order valence-corrected chi connectivity index (χ4v) is 3.45. The van der Waals surface area contributed by atoms with Gasteiger partial charge in [0.2, 0.25) is 0 Å². The standard InChI is InChI=1S/C19H22BF2NO2/c1-17(2)18(3,4)25-20(24-17)15(22)10-19(8-9-19)12-11-23-14-7-5-6-13(21)16(12)14/h5-7,10-11,23H,8-9H2,1-4H3. The highest BCUT2D eigenvalue weighted by molar-refractivity contribution is 6.53. The van der Waals surface area contributed by atoms with Crippen LogP contribution in [0.3, 0.4) is 0 Å². The van der Waals surface area contributed by atoms with Crippen molar-refractivity contribution < 1.29 is 18.1 Å². The molecule has 4 rings (SSSR count). The molecule has 1 aliphatic heterocycles. The van der Waals surface area contributed by atoms with Gasteiger partial charge in [-0.2, -0.15) is 0 Å². The van der Waals surface area contributed by atoms with E-state index in [9.17, 15) is 8.78 Å². The molecule has 1 saturated heterocycles. The second kappa shape index (κ2) is 5.18. The molecule has 1 aromatic carbocycles. The third-order valence-electron chi connectivity index (χ3n) is 5.87. The Kier molecular flexibility index (Phi) is 3.48. The summed E-state index contributed by atoms with van der Waals surface area (Å²) in [7, 11) is -1.02. The van der Waals surface area contributed by atoms with E-state index in [0.717, 1.165) is 23.9 Å². The van der Waals surface area contributed by atoms with Gasteiger partial charge in [-0.15, -0.1) is 0 Å². The lowest BCUT2D eigenvalue weighted by atomic mass is 9.83. The smallest absolute Gasteiger partial charge is 0.398 e. The number of halogens is 2. The zero-order valence-corrected chi connectivity index (χ0v) is 15.0. The summed E-state index contributed by atoms with van der Waals surface area (Å²) >= 11 is 0. The zero-order valence-electron chi connectivity index (χ0n) is 15.0. The summed E-state index contributed by atoms with van der Waals surface area (Å²) in [6, 6.07) is 4.93. The molecule has 2 aromatic rings. The predicted octanol–water partition coefficient (Wildman–Crippen LogP) is 4.82. The number of hydrogen-bond acceptors (Lipinski definition) is 2. The minimum atomic E-state index is -1.02. The van der Waals surface area contributed by atoms with Crippen molar-refractivity contribution in [3.8, 4) is 0 Å². The minimum Gasteiger partial charge on any atom is -0.398 e. The lowest BCUT2D eigenvalue weighted by molar-refractivity contribution is 0.00578. The summed E-state index contributed by atoms with van der Waals surface area (Å²) < 4.78 is 40.8. The van der Waals surface area contributed by atoms with Crippen LogP contribution in [0.15, 0.2) is 36.2 Å². The van der Waals surface area contributed by atoms with Crippen LogP contribution in [0.4, 0.5) is 8.78 Å². The van der Waals surface area contributed by atoms with E-state index in [4.69, 9.17) is 9.31 Å². The zero-order chi connectivity index (χ0) is 18.0. The van der Waals surface area contributed by atoms with Gasteiger partial charge in [0.25, 0.3) is 0 Å². The van der Waals surface area contributed by atoms with E-state index < -0.39 is 29.5 Å². The monoisotopic (exact) mass is 345 g/mol. The van der Waals surface area contributed by atoms with Crippen molar-refractivity contribution in [2.75, 3.05) is 0 Å². The van der Waals surface area contributed by atoms with Gasteiger partial charge in [-0.05, 0) is 64.3 Å². The molecule has 0 bridgehead atoms. The molecule has 0 atom stereocenters.